The number of rotatable bonds is 9. The maximum Gasteiger partial charge on any atom is 0.339 e. The van der Waals surface area contributed by atoms with Gasteiger partial charge in [0.15, 0.2) is 0 Å². The predicted molar refractivity (Wildman–Crippen MR) is 98.3 cm³/mol. The zero-order valence-electron chi connectivity index (χ0n) is 15.1. The lowest BCUT2D eigenvalue weighted by molar-refractivity contribution is -0.121. The molecule has 1 aromatic heterocycles. The monoisotopic (exact) mass is 346 g/mol. The summed E-state index contributed by atoms with van der Waals surface area (Å²) in [6.07, 6.45) is 1.70. The minimum atomic E-state index is -0.393. The van der Waals surface area contributed by atoms with E-state index in [1.807, 2.05) is 19.1 Å². The molecule has 2 aromatic rings. The van der Waals surface area contributed by atoms with Crippen molar-refractivity contribution in [3.63, 3.8) is 0 Å². The highest BCUT2D eigenvalue weighted by Crippen LogP contribution is 2.24. The molecule has 1 amide bonds. The SMILES string of the molecule is CCCNCCNC(=O)CCc1c(C)c2ccc(OC)cc2oc1=O. The van der Waals surface area contributed by atoms with Gasteiger partial charge in [0.1, 0.15) is 11.3 Å². The van der Waals surface area contributed by atoms with Crippen molar-refractivity contribution in [2.24, 2.45) is 0 Å². The molecule has 1 heterocycles. The van der Waals surface area contributed by atoms with Gasteiger partial charge in [-0.25, -0.2) is 4.79 Å². The van der Waals surface area contributed by atoms with Gasteiger partial charge in [-0.15, -0.1) is 0 Å². The maximum atomic E-state index is 12.2. The van der Waals surface area contributed by atoms with Gasteiger partial charge >= 0.3 is 5.63 Å². The molecule has 6 nitrogen and oxygen atoms in total. The van der Waals surface area contributed by atoms with E-state index in [1.54, 1.807) is 13.2 Å². The number of hydrogen-bond acceptors (Lipinski definition) is 5. The third-order valence-electron chi connectivity index (χ3n) is 4.15. The van der Waals surface area contributed by atoms with Crippen molar-refractivity contribution < 1.29 is 13.9 Å². The van der Waals surface area contributed by atoms with Crippen LogP contribution in [0.3, 0.4) is 0 Å². The van der Waals surface area contributed by atoms with Crippen molar-refractivity contribution in [1.29, 1.82) is 0 Å². The summed E-state index contributed by atoms with van der Waals surface area (Å²) in [5.41, 5.74) is 1.51. The summed E-state index contributed by atoms with van der Waals surface area (Å²) >= 11 is 0. The molecule has 0 aliphatic rings. The molecule has 0 bridgehead atoms. The fourth-order valence-electron chi connectivity index (χ4n) is 2.71. The number of amides is 1. The van der Waals surface area contributed by atoms with E-state index in [0.717, 1.165) is 30.5 Å². The Morgan fingerprint density at radius 1 is 1.24 bits per heavy atom. The van der Waals surface area contributed by atoms with Gasteiger partial charge in [-0.1, -0.05) is 6.92 Å². The van der Waals surface area contributed by atoms with Crippen LogP contribution in [0.5, 0.6) is 5.75 Å². The first-order valence-corrected chi connectivity index (χ1v) is 8.64. The van der Waals surface area contributed by atoms with Crippen LogP contribution in [-0.4, -0.2) is 32.7 Å². The van der Waals surface area contributed by atoms with E-state index in [-0.39, 0.29) is 12.3 Å². The molecular formula is C19H26N2O4. The molecule has 2 rings (SSSR count). The Hall–Kier alpha value is -2.34. The van der Waals surface area contributed by atoms with Gasteiger partial charge in [0, 0.05) is 36.5 Å². The molecule has 25 heavy (non-hydrogen) atoms. The van der Waals surface area contributed by atoms with E-state index in [9.17, 15) is 9.59 Å². The van der Waals surface area contributed by atoms with Crippen molar-refractivity contribution in [3.05, 3.63) is 39.7 Å². The molecule has 0 saturated carbocycles. The van der Waals surface area contributed by atoms with Crippen LogP contribution >= 0.6 is 0 Å². The Kier molecular flexibility index (Phi) is 7.01. The largest absolute Gasteiger partial charge is 0.497 e. The highest BCUT2D eigenvalue weighted by Gasteiger charge is 2.13. The summed E-state index contributed by atoms with van der Waals surface area (Å²) in [6, 6.07) is 5.40. The smallest absolute Gasteiger partial charge is 0.339 e. The molecular weight excluding hydrogens is 320 g/mol. The molecule has 136 valence electrons. The summed E-state index contributed by atoms with van der Waals surface area (Å²) < 4.78 is 10.5. The Bertz CT molecular complexity index is 783. The minimum Gasteiger partial charge on any atom is -0.497 e. The highest BCUT2D eigenvalue weighted by atomic mass is 16.5. The first kappa shape index (κ1) is 19.0. The predicted octanol–water partition coefficient (Wildman–Crippen LogP) is 2.16. The molecule has 0 atom stereocenters. The summed E-state index contributed by atoms with van der Waals surface area (Å²) in [5, 5.41) is 6.94. The van der Waals surface area contributed by atoms with E-state index in [2.05, 4.69) is 17.6 Å². The van der Waals surface area contributed by atoms with Crippen molar-refractivity contribution in [3.8, 4) is 5.75 Å². The summed E-state index contributed by atoms with van der Waals surface area (Å²) in [4.78, 5) is 24.2. The zero-order chi connectivity index (χ0) is 18.2. The number of hydrogen-bond donors (Lipinski definition) is 2. The number of ether oxygens (including phenoxy) is 1. The van der Waals surface area contributed by atoms with Crippen molar-refractivity contribution in [2.45, 2.75) is 33.1 Å². The summed E-state index contributed by atoms with van der Waals surface area (Å²) in [6.45, 7) is 6.26. The summed E-state index contributed by atoms with van der Waals surface area (Å²) in [5.74, 6) is 0.575. The average Bonchev–Trinajstić information content (AvgIpc) is 2.60. The number of nitrogens with one attached hydrogen (secondary N) is 2. The Morgan fingerprint density at radius 2 is 2.04 bits per heavy atom. The molecule has 6 heteroatoms. The van der Waals surface area contributed by atoms with Crippen molar-refractivity contribution in [2.75, 3.05) is 26.7 Å². The number of methoxy groups -OCH3 is 1. The second-order valence-corrected chi connectivity index (χ2v) is 5.96. The quantitative estimate of drug-likeness (QED) is 0.537. The Balaban J connectivity index is 2.01. The molecule has 1 aromatic carbocycles. The lowest BCUT2D eigenvalue weighted by Gasteiger charge is -2.09. The number of carbonyl (C=O) groups is 1. The van der Waals surface area contributed by atoms with Gasteiger partial charge in [0.25, 0.3) is 0 Å². The lowest BCUT2D eigenvalue weighted by Crippen LogP contribution is -2.32. The molecule has 0 fully saturated rings. The molecule has 2 N–H and O–H groups in total. The highest BCUT2D eigenvalue weighted by molar-refractivity contribution is 5.82. The molecule has 0 aliphatic heterocycles. The fraction of sp³-hybridized carbons (Fsp3) is 0.474. The lowest BCUT2D eigenvalue weighted by atomic mass is 10.0. The number of fused-ring (bicyclic) bond motifs is 1. The topological polar surface area (TPSA) is 80.6 Å². The third-order valence-corrected chi connectivity index (χ3v) is 4.15. The van der Waals surface area contributed by atoms with Gasteiger partial charge in [-0.05, 0) is 44.0 Å². The van der Waals surface area contributed by atoms with Crippen LogP contribution in [-0.2, 0) is 11.2 Å². The molecule has 0 aliphatic carbocycles. The van der Waals surface area contributed by atoms with Gasteiger partial charge in [-0.2, -0.15) is 0 Å². The van der Waals surface area contributed by atoms with Gasteiger partial charge in [-0.3, -0.25) is 4.79 Å². The van der Waals surface area contributed by atoms with Crippen LogP contribution < -0.4 is 21.0 Å². The Morgan fingerprint density at radius 3 is 2.76 bits per heavy atom. The van der Waals surface area contributed by atoms with Crippen molar-refractivity contribution in [1.82, 2.24) is 10.6 Å². The summed E-state index contributed by atoms with van der Waals surface area (Å²) in [7, 11) is 1.57. The van der Waals surface area contributed by atoms with Gasteiger partial charge in [0.2, 0.25) is 5.91 Å². The van der Waals surface area contributed by atoms with Crippen LogP contribution in [0, 0.1) is 6.92 Å². The Labute approximate surface area is 147 Å². The number of carbonyl (C=O) groups excluding carboxylic acids is 1. The van der Waals surface area contributed by atoms with Crippen LogP contribution in [0.4, 0.5) is 0 Å². The number of aryl methyl sites for hydroxylation is 1. The first-order valence-electron chi connectivity index (χ1n) is 8.64. The van der Waals surface area contributed by atoms with Gasteiger partial charge in [0.05, 0.1) is 7.11 Å². The molecule has 0 radical (unpaired) electrons. The molecule has 0 saturated heterocycles. The number of benzene rings is 1. The second-order valence-electron chi connectivity index (χ2n) is 5.96. The van der Waals surface area contributed by atoms with Crippen LogP contribution in [0.25, 0.3) is 11.0 Å². The molecule has 0 spiro atoms. The molecule has 0 unspecified atom stereocenters. The second kappa shape index (κ2) is 9.22. The van der Waals surface area contributed by atoms with Crippen LogP contribution in [0.1, 0.15) is 30.9 Å². The van der Waals surface area contributed by atoms with Crippen LogP contribution in [0.2, 0.25) is 0 Å². The maximum absolute atomic E-state index is 12.2. The van der Waals surface area contributed by atoms with Crippen LogP contribution in [0.15, 0.2) is 27.4 Å². The van der Waals surface area contributed by atoms with E-state index in [0.29, 0.717) is 29.9 Å². The van der Waals surface area contributed by atoms with E-state index in [4.69, 9.17) is 9.15 Å². The normalized spacial score (nSPS) is 10.8. The third kappa shape index (κ3) is 5.06. The van der Waals surface area contributed by atoms with Gasteiger partial charge < -0.3 is 19.8 Å². The van der Waals surface area contributed by atoms with Crippen molar-refractivity contribution >= 4 is 16.9 Å². The standard InChI is InChI=1S/C19H26N2O4/c1-4-9-20-10-11-21-18(22)8-7-16-13(2)15-6-5-14(24-3)12-17(15)25-19(16)23/h5-6,12,20H,4,7-11H2,1-3H3,(H,21,22). The van der Waals surface area contributed by atoms with E-state index < -0.39 is 5.63 Å². The fourth-order valence-corrected chi connectivity index (χ4v) is 2.71. The minimum absolute atomic E-state index is 0.0630. The van der Waals surface area contributed by atoms with E-state index in [1.165, 1.54) is 0 Å². The zero-order valence-corrected chi connectivity index (χ0v) is 15.1. The van der Waals surface area contributed by atoms with E-state index >= 15 is 0 Å². The first-order chi connectivity index (χ1) is 12.1. The average molecular weight is 346 g/mol.